The monoisotopic (exact) mass is 389 g/mol. The average molecular weight is 389 g/mol. The molecular weight excluding hydrogens is 369 g/mol. The van der Waals surface area contributed by atoms with Gasteiger partial charge in [-0.25, -0.2) is 4.39 Å². The molecule has 146 valence electrons. The highest BCUT2D eigenvalue weighted by Gasteiger charge is 2.10. The molecule has 0 aliphatic carbocycles. The van der Waals surface area contributed by atoms with Crippen molar-refractivity contribution in [3.8, 4) is 5.75 Å². The van der Waals surface area contributed by atoms with Crippen LogP contribution in [-0.4, -0.2) is 22.3 Å². The van der Waals surface area contributed by atoms with Crippen LogP contribution in [0, 0.1) is 12.7 Å². The maximum absolute atomic E-state index is 12.9. The molecule has 1 amide bonds. The van der Waals surface area contributed by atoms with E-state index in [0.29, 0.717) is 18.1 Å². The van der Waals surface area contributed by atoms with Crippen molar-refractivity contribution in [3.63, 3.8) is 0 Å². The predicted octanol–water partition coefficient (Wildman–Crippen LogP) is 4.55. The minimum absolute atomic E-state index is 0.180. The van der Waals surface area contributed by atoms with Crippen LogP contribution in [0.2, 0.25) is 0 Å². The summed E-state index contributed by atoms with van der Waals surface area (Å²) in [5, 5.41) is 9.60. The number of hydrogen-bond acceptors (Lipinski definition) is 3. The molecule has 0 unspecified atom stereocenters. The molecule has 0 radical (unpaired) electrons. The number of aryl methyl sites for hydroxylation is 1. The molecule has 0 saturated carbocycles. The van der Waals surface area contributed by atoms with Gasteiger partial charge in [0.25, 0.3) is 5.91 Å². The third kappa shape index (κ3) is 4.43. The molecule has 4 rings (SSSR count). The maximum Gasteiger partial charge on any atom is 0.263 e. The van der Waals surface area contributed by atoms with E-state index in [4.69, 9.17) is 4.74 Å². The summed E-state index contributed by atoms with van der Waals surface area (Å²) in [5.74, 6) is 0.216. The van der Waals surface area contributed by atoms with E-state index in [-0.39, 0.29) is 18.3 Å². The van der Waals surface area contributed by atoms with E-state index in [0.717, 1.165) is 11.3 Å². The summed E-state index contributed by atoms with van der Waals surface area (Å²) in [6, 6.07) is 21.8. The molecule has 0 fully saturated rings. The number of amides is 1. The summed E-state index contributed by atoms with van der Waals surface area (Å²) >= 11 is 0. The molecule has 3 aromatic carbocycles. The lowest BCUT2D eigenvalue weighted by molar-refractivity contribution is -0.118. The highest BCUT2D eigenvalue weighted by Crippen LogP contribution is 2.20. The SMILES string of the molecule is Cc1cc(NC(=O)COc2ccc(F)cc2)nn1Cc1cccc2ccccc12. The number of ether oxygens (including phenoxy) is 1. The molecule has 0 saturated heterocycles. The third-order valence-electron chi connectivity index (χ3n) is 4.63. The molecule has 0 aliphatic rings. The van der Waals surface area contributed by atoms with E-state index < -0.39 is 0 Å². The number of nitrogens with one attached hydrogen (secondary N) is 1. The zero-order valence-corrected chi connectivity index (χ0v) is 15.9. The summed E-state index contributed by atoms with van der Waals surface area (Å²) in [6.45, 7) is 2.37. The van der Waals surface area contributed by atoms with Gasteiger partial charge in [-0.05, 0) is 47.5 Å². The number of fused-ring (bicyclic) bond motifs is 1. The molecule has 6 heteroatoms. The van der Waals surface area contributed by atoms with Crippen LogP contribution < -0.4 is 10.1 Å². The lowest BCUT2D eigenvalue weighted by Crippen LogP contribution is -2.20. The van der Waals surface area contributed by atoms with Crippen molar-refractivity contribution in [2.45, 2.75) is 13.5 Å². The second-order valence-electron chi connectivity index (χ2n) is 6.76. The van der Waals surface area contributed by atoms with Crippen molar-refractivity contribution in [2.24, 2.45) is 0 Å². The summed E-state index contributed by atoms with van der Waals surface area (Å²) in [7, 11) is 0. The molecule has 0 spiro atoms. The summed E-state index contributed by atoms with van der Waals surface area (Å²) in [4.78, 5) is 12.1. The standard InChI is InChI=1S/C23H20FN3O2/c1-16-13-22(25-23(28)15-29-20-11-9-19(24)10-12-20)26-27(16)14-18-7-4-6-17-5-2-3-8-21(17)18/h2-13H,14-15H2,1H3,(H,25,26,28). The van der Waals surface area contributed by atoms with Gasteiger partial charge in [0.15, 0.2) is 12.4 Å². The molecule has 29 heavy (non-hydrogen) atoms. The van der Waals surface area contributed by atoms with E-state index in [1.165, 1.54) is 35.0 Å². The van der Waals surface area contributed by atoms with Gasteiger partial charge < -0.3 is 10.1 Å². The Kier molecular flexibility index (Phi) is 5.24. The average Bonchev–Trinajstić information content (AvgIpc) is 3.06. The van der Waals surface area contributed by atoms with Crippen molar-refractivity contribution in [2.75, 3.05) is 11.9 Å². The minimum atomic E-state index is -0.353. The maximum atomic E-state index is 12.9. The summed E-state index contributed by atoms with van der Waals surface area (Å²) in [5.41, 5.74) is 2.10. The molecule has 0 bridgehead atoms. The molecule has 0 atom stereocenters. The molecule has 1 N–H and O–H groups in total. The quantitative estimate of drug-likeness (QED) is 0.526. The first-order valence-electron chi connectivity index (χ1n) is 9.28. The van der Waals surface area contributed by atoms with Gasteiger partial charge in [-0.15, -0.1) is 0 Å². The van der Waals surface area contributed by atoms with Gasteiger partial charge in [-0.2, -0.15) is 5.10 Å². The largest absolute Gasteiger partial charge is 0.484 e. The first-order valence-corrected chi connectivity index (χ1v) is 9.28. The zero-order valence-electron chi connectivity index (χ0n) is 15.9. The highest BCUT2D eigenvalue weighted by molar-refractivity contribution is 5.91. The van der Waals surface area contributed by atoms with Crippen molar-refractivity contribution in [1.29, 1.82) is 0 Å². The van der Waals surface area contributed by atoms with Crippen LogP contribution in [0.5, 0.6) is 5.75 Å². The molecule has 1 aromatic heterocycles. The number of carbonyl (C=O) groups excluding carboxylic acids is 1. The summed E-state index contributed by atoms with van der Waals surface area (Å²) in [6.07, 6.45) is 0. The van der Waals surface area contributed by atoms with Crippen molar-refractivity contribution in [3.05, 3.63) is 89.9 Å². The lowest BCUT2D eigenvalue weighted by atomic mass is 10.0. The van der Waals surface area contributed by atoms with Gasteiger partial charge in [0, 0.05) is 11.8 Å². The van der Waals surface area contributed by atoms with E-state index in [9.17, 15) is 9.18 Å². The lowest BCUT2D eigenvalue weighted by Gasteiger charge is -2.08. The fourth-order valence-corrected chi connectivity index (χ4v) is 3.18. The van der Waals surface area contributed by atoms with Gasteiger partial charge in [0.2, 0.25) is 0 Å². The van der Waals surface area contributed by atoms with Gasteiger partial charge in [-0.3, -0.25) is 9.48 Å². The number of hydrogen-bond donors (Lipinski definition) is 1. The molecular formula is C23H20FN3O2. The van der Waals surface area contributed by atoms with Crippen LogP contribution >= 0.6 is 0 Å². The van der Waals surface area contributed by atoms with Gasteiger partial charge >= 0.3 is 0 Å². The number of anilines is 1. The van der Waals surface area contributed by atoms with Crippen LogP contribution in [0.4, 0.5) is 10.2 Å². The Hall–Kier alpha value is -3.67. The fourth-order valence-electron chi connectivity index (χ4n) is 3.18. The summed E-state index contributed by atoms with van der Waals surface area (Å²) < 4.78 is 20.1. The second kappa shape index (κ2) is 8.14. The molecule has 0 aliphatic heterocycles. The Morgan fingerprint density at radius 3 is 2.66 bits per heavy atom. The van der Waals surface area contributed by atoms with Crippen LogP contribution in [0.25, 0.3) is 10.8 Å². The Morgan fingerprint density at radius 2 is 1.83 bits per heavy atom. The zero-order chi connectivity index (χ0) is 20.2. The normalized spacial score (nSPS) is 10.8. The third-order valence-corrected chi connectivity index (χ3v) is 4.63. The number of halogens is 1. The fraction of sp³-hybridized carbons (Fsp3) is 0.130. The highest BCUT2D eigenvalue weighted by atomic mass is 19.1. The number of nitrogens with zero attached hydrogens (tertiary/aromatic N) is 2. The number of benzene rings is 3. The van der Waals surface area contributed by atoms with Crippen molar-refractivity contribution < 1.29 is 13.9 Å². The Morgan fingerprint density at radius 1 is 1.07 bits per heavy atom. The minimum Gasteiger partial charge on any atom is -0.484 e. The number of aromatic nitrogens is 2. The van der Waals surface area contributed by atoms with E-state index >= 15 is 0 Å². The molecule has 1 heterocycles. The first-order chi connectivity index (χ1) is 14.1. The number of carbonyl (C=O) groups is 1. The van der Waals surface area contributed by atoms with Crippen molar-refractivity contribution in [1.82, 2.24) is 9.78 Å². The van der Waals surface area contributed by atoms with Crippen LogP contribution in [0.3, 0.4) is 0 Å². The van der Waals surface area contributed by atoms with Crippen LogP contribution in [-0.2, 0) is 11.3 Å². The van der Waals surface area contributed by atoms with Gasteiger partial charge in [0.05, 0.1) is 6.54 Å². The van der Waals surface area contributed by atoms with Gasteiger partial charge in [-0.1, -0.05) is 42.5 Å². The van der Waals surface area contributed by atoms with Crippen molar-refractivity contribution >= 4 is 22.5 Å². The topological polar surface area (TPSA) is 56.1 Å². The number of rotatable bonds is 6. The Balaban J connectivity index is 1.42. The second-order valence-corrected chi connectivity index (χ2v) is 6.76. The molecule has 5 nitrogen and oxygen atoms in total. The molecule has 4 aromatic rings. The van der Waals surface area contributed by atoms with Crippen LogP contribution in [0.15, 0.2) is 72.8 Å². The van der Waals surface area contributed by atoms with E-state index in [2.05, 4.69) is 34.7 Å². The first kappa shape index (κ1) is 18.7. The predicted molar refractivity (Wildman–Crippen MR) is 111 cm³/mol. The van der Waals surface area contributed by atoms with Gasteiger partial charge in [0.1, 0.15) is 11.6 Å². The smallest absolute Gasteiger partial charge is 0.263 e. The van der Waals surface area contributed by atoms with Crippen LogP contribution in [0.1, 0.15) is 11.3 Å². The Bertz CT molecular complexity index is 1150. The van der Waals surface area contributed by atoms with E-state index in [1.807, 2.05) is 35.9 Å². The Labute approximate surface area is 167 Å². The van der Waals surface area contributed by atoms with E-state index in [1.54, 1.807) is 0 Å².